The molecule has 1 aromatic carbocycles. The molecule has 4 nitrogen and oxygen atoms in total. The van der Waals surface area contributed by atoms with Gasteiger partial charge in [-0.25, -0.2) is 0 Å². The highest BCUT2D eigenvalue weighted by Crippen LogP contribution is 2.18. The highest BCUT2D eigenvalue weighted by Gasteiger charge is 2.09. The van der Waals surface area contributed by atoms with Crippen LogP contribution in [0.3, 0.4) is 0 Å². The molecule has 1 aromatic rings. The molecule has 23 heavy (non-hydrogen) atoms. The summed E-state index contributed by atoms with van der Waals surface area (Å²) in [7, 11) is 1.93. The lowest BCUT2D eigenvalue weighted by Gasteiger charge is -2.12. The predicted molar refractivity (Wildman–Crippen MR) is 97.2 cm³/mol. The highest BCUT2D eigenvalue weighted by atomic mass is 28.3. The number of ether oxygens (including phenoxy) is 1. The number of allylic oxidation sites excluding steroid dienone is 1. The lowest BCUT2D eigenvalue weighted by molar-refractivity contribution is -0.137. The molecule has 1 rings (SSSR count). The van der Waals surface area contributed by atoms with E-state index in [0.29, 0.717) is 6.54 Å². The van der Waals surface area contributed by atoms with Gasteiger partial charge in [-0.15, -0.1) is 5.54 Å². The minimum Gasteiger partial charge on any atom is -0.497 e. The van der Waals surface area contributed by atoms with Gasteiger partial charge in [-0.05, 0) is 24.7 Å². The summed E-state index contributed by atoms with van der Waals surface area (Å²) in [5.41, 5.74) is 5.31. The van der Waals surface area contributed by atoms with Gasteiger partial charge in [-0.3, -0.25) is 9.69 Å². The van der Waals surface area contributed by atoms with E-state index >= 15 is 0 Å². The number of nitrogens with zero attached hydrogens (tertiary/aromatic N) is 1. The van der Waals surface area contributed by atoms with E-state index in [9.17, 15) is 4.79 Å². The molecular formula is C18H25NO3Si. The van der Waals surface area contributed by atoms with Crippen LogP contribution < -0.4 is 4.74 Å². The lowest BCUT2D eigenvalue weighted by atomic mass is 10.1. The summed E-state index contributed by atoms with van der Waals surface area (Å²) in [6.45, 7) is 7.13. The van der Waals surface area contributed by atoms with Crippen molar-refractivity contribution < 1.29 is 14.6 Å². The van der Waals surface area contributed by atoms with Crippen molar-refractivity contribution in [2.24, 2.45) is 0 Å². The van der Waals surface area contributed by atoms with Gasteiger partial charge < -0.3 is 9.84 Å². The molecule has 0 spiro atoms. The minimum atomic E-state index is -1.49. The Labute approximate surface area is 139 Å². The molecule has 0 aliphatic carbocycles. The van der Waals surface area contributed by atoms with Crippen molar-refractivity contribution in [2.45, 2.75) is 19.6 Å². The first kappa shape index (κ1) is 19.0. The van der Waals surface area contributed by atoms with E-state index in [1.54, 1.807) is 19.1 Å². The maximum absolute atomic E-state index is 10.8. The smallest absolute Gasteiger partial charge is 0.317 e. The van der Waals surface area contributed by atoms with Crippen LogP contribution in [-0.4, -0.2) is 51.3 Å². The fourth-order valence-corrected chi connectivity index (χ4v) is 2.32. The van der Waals surface area contributed by atoms with Crippen molar-refractivity contribution in [1.82, 2.24) is 4.90 Å². The molecule has 0 aliphatic rings. The third-order valence-electron chi connectivity index (χ3n) is 2.99. The summed E-state index contributed by atoms with van der Waals surface area (Å²) in [6.07, 6.45) is 1.98. The fraction of sp³-hybridized carbons (Fsp3) is 0.389. The molecule has 0 saturated heterocycles. The first-order chi connectivity index (χ1) is 10.7. The van der Waals surface area contributed by atoms with E-state index in [-0.39, 0.29) is 6.54 Å². The van der Waals surface area contributed by atoms with Crippen LogP contribution in [0.4, 0.5) is 0 Å². The summed E-state index contributed by atoms with van der Waals surface area (Å²) in [5.74, 6) is 3.25. The van der Waals surface area contributed by atoms with Gasteiger partial charge in [0.2, 0.25) is 0 Å². The van der Waals surface area contributed by atoms with E-state index < -0.39 is 14.0 Å². The molecule has 0 unspecified atom stereocenters. The Morgan fingerprint density at radius 2 is 1.91 bits per heavy atom. The number of carboxylic acid groups (broad SMARTS) is 1. The second kappa shape index (κ2) is 8.56. The van der Waals surface area contributed by atoms with Crippen LogP contribution in [0.15, 0.2) is 30.3 Å². The summed E-state index contributed by atoms with van der Waals surface area (Å²) in [4.78, 5) is 12.5. The lowest BCUT2D eigenvalue weighted by Crippen LogP contribution is -2.25. The van der Waals surface area contributed by atoms with Crippen molar-refractivity contribution in [1.29, 1.82) is 0 Å². The zero-order valence-electron chi connectivity index (χ0n) is 14.5. The minimum absolute atomic E-state index is 0.00778. The number of benzene rings is 1. The third kappa shape index (κ3) is 7.68. The van der Waals surface area contributed by atoms with Crippen LogP contribution >= 0.6 is 0 Å². The van der Waals surface area contributed by atoms with Gasteiger partial charge in [0.05, 0.1) is 13.7 Å². The maximum Gasteiger partial charge on any atom is 0.317 e. The van der Waals surface area contributed by atoms with Crippen LogP contribution in [-0.2, 0) is 4.79 Å². The molecule has 0 heterocycles. The summed E-state index contributed by atoms with van der Waals surface area (Å²) in [6, 6.07) is 7.75. The molecule has 0 atom stereocenters. The van der Waals surface area contributed by atoms with Gasteiger partial charge in [0, 0.05) is 12.1 Å². The van der Waals surface area contributed by atoms with E-state index in [1.807, 2.05) is 30.3 Å². The molecular weight excluding hydrogens is 306 g/mol. The number of hydrogen-bond acceptors (Lipinski definition) is 3. The number of aliphatic carboxylic acids is 1. The Kier molecular flexibility index (Phi) is 7.08. The average molecular weight is 331 g/mol. The molecule has 0 aromatic heterocycles. The van der Waals surface area contributed by atoms with Crippen LogP contribution in [0.2, 0.25) is 19.6 Å². The number of hydrogen-bond donors (Lipinski definition) is 1. The maximum atomic E-state index is 10.8. The van der Waals surface area contributed by atoms with Crippen molar-refractivity contribution in [3.63, 3.8) is 0 Å². The summed E-state index contributed by atoms with van der Waals surface area (Å²) >= 11 is 0. The Morgan fingerprint density at radius 3 is 2.39 bits per heavy atom. The predicted octanol–water partition coefficient (Wildman–Crippen LogP) is 2.98. The van der Waals surface area contributed by atoms with Crippen LogP contribution in [0.25, 0.3) is 5.57 Å². The second-order valence-electron chi connectivity index (χ2n) is 6.44. The molecule has 0 radical (unpaired) electrons. The van der Waals surface area contributed by atoms with Gasteiger partial charge in [-0.2, -0.15) is 0 Å². The normalized spacial score (nSPS) is 11.8. The molecule has 0 fully saturated rings. The van der Waals surface area contributed by atoms with E-state index in [2.05, 4.69) is 31.1 Å². The first-order valence-corrected chi connectivity index (χ1v) is 11.0. The monoisotopic (exact) mass is 331 g/mol. The van der Waals surface area contributed by atoms with Gasteiger partial charge in [-0.1, -0.05) is 43.8 Å². The topological polar surface area (TPSA) is 49.8 Å². The van der Waals surface area contributed by atoms with Gasteiger partial charge in [0.1, 0.15) is 13.8 Å². The van der Waals surface area contributed by atoms with Crippen LogP contribution in [0.1, 0.15) is 5.56 Å². The molecule has 0 saturated carbocycles. The van der Waals surface area contributed by atoms with Crippen molar-refractivity contribution in [3.8, 4) is 17.2 Å². The van der Waals surface area contributed by atoms with E-state index in [0.717, 1.165) is 16.9 Å². The quantitative estimate of drug-likeness (QED) is 0.643. The Balaban J connectivity index is 3.04. The van der Waals surface area contributed by atoms with E-state index in [1.165, 1.54) is 0 Å². The van der Waals surface area contributed by atoms with Crippen molar-refractivity contribution >= 4 is 19.6 Å². The standard InChI is InChI=1S/C18H25NO3Si/c1-19(14-18(20)21)12-10-16(11-13-23(3,4)5)15-6-8-17(22-2)9-7-15/h6-10H,12,14H2,1-5H3,(H,20,21)/b16-10-. The number of likely N-dealkylation sites (N-methyl/N-ethyl adjacent to an activating group) is 1. The Bertz CT molecular complexity index is 618. The fourth-order valence-electron chi connectivity index (χ4n) is 1.81. The van der Waals surface area contributed by atoms with Gasteiger partial charge in [0.15, 0.2) is 0 Å². The number of carboxylic acids is 1. The van der Waals surface area contributed by atoms with Crippen LogP contribution in [0.5, 0.6) is 5.75 Å². The van der Waals surface area contributed by atoms with E-state index in [4.69, 9.17) is 9.84 Å². The zero-order chi connectivity index (χ0) is 17.5. The molecule has 124 valence electrons. The summed E-state index contributed by atoms with van der Waals surface area (Å²) < 4.78 is 5.18. The molecule has 5 heteroatoms. The second-order valence-corrected chi connectivity index (χ2v) is 11.2. The Hall–Kier alpha value is -2.03. The third-order valence-corrected chi connectivity index (χ3v) is 3.86. The largest absolute Gasteiger partial charge is 0.497 e. The molecule has 0 bridgehead atoms. The summed E-state index contributed by atoms with van der Waals surface area (Å²) in [5, 5.41) is 8.84. The Morgan fingerprint density at radius 1 is 1.30 bits per heavy atom. The van der Waals surface area contributed by atoms with Gasteiger partial charge >= 0.3 is 5.97 Å². The SMILES string of the molecule is COc1ccc(/C(C#C[Si](C)(C)C)=C\CN(C)CC(=O)O)cc1. The zero-order valence-corrected chi connectivity index (χ0v) is 15.5. The number of carbonyl (C=O) groups is 1. The molecule has 1 N–H and O–H groups in total. The first-order valence-electron chi connectivity index (χ1n) is 7.49. The van der Waals surface area contributed by atoms with Crippen molar-refractivity contribution in [2.75, 3.05) is 27.2 Å². The van der Waals surface area contributed by atoms with Crippen LogP contribution in [0, 0.1) is 11.5 Å². The number of methoxy groups -OCH3 is 1. The molecule has 0 aliphatic heterocycles. The average Bonchev–Trinajstić information content (AvgIpc) is 2.45. The number of rotatable bonds is 6. The van der Waals surface area contributed by atoms with Crippen molar-refractivity contribution in [3.05, 3.63) is 35.9 Å². The highest BCUT2D eigenvalue weighted by molar-refractivity contribution is 6.84. The van der Waals surface area contributed by atoms with Gasteiger partial charge in [0.25, 0.3) is 0 Å². The molecule has 0 amide bonds.